The number of hydrogen-bond donors (Lipinski definition) is 0. The van der Waals surface area contributed by atoms with Gasteiger partial charge in [-0.1, -0.05) is 6.07 Å². The number of halogens is 2. The van der Waals surface area contributed by atoms with E-state index in [4.69, 9.17) is 4.74 Å². The summed E-state index contributed by atoms with van der Waals surface area (Å²) in [7, 11) is 0. The van der Waals surface area contributed by atoms with E-state index in [1.807, 2.05) is 13.0 Å². The summed E-state index contributed by atoms with van der Waals surface area (Å²) in [6, 6.07) is 8.21. The maximum absolute atomic E-state index is 13.2. The minimum Gasteiger partial charge on any atom is -0.439 e. The molecule has 2 aromatic rings. The maximum atomic E-state index is 13.2. The van der Waals surface area contributed by atoms with Crippen LogP contribution < -0.4 is 4.74 Å². The molecule has 0 fully saturated rings. The van der Waals surface area contributed by atoms with Crippen LogP contribution in [0.2, 0.25) is 0 Å². The van der Waals surface area contributed by atoms with Gasteiger partial charge in [0.05, 0.1) is 4.47 Å². The predicted octanol–water partition coefficient (Wildman–Crippen LogP) is 4.08. The van der Waals surface area contributed by atoms with Gasteiger partial charge in [-0.2, -0.15) is 0 Å². The Morgan fingerprint density at radius 3 is 2.69 bits per heavy atom. The fourth-order valence-corrected chi connectivity index (χ4v) is 1.42. The topological polar surface area (TPSA) is 22.1 Å². The summed E-state index contributed by atoms with van der Waals surface area (Å²) in [5.74, 6) is 0.522. The van der Waals surface area contributed by atoms with Gasteiger partial charge >= 0.3 is 0 Å². The van der Waals surface area contributed by atoms with Crippen molar-refractivity contribution in [1.29, 1.82) is 0 Å². The Balaban J connectivity index is 2.20. The summed E-state index contributed by atoms with van der Waals surface area (Å²) < 4.78 is 19.0. The highest BCUT2D eigenvalue weighted by Crippen LogP contribution is 2.24. The average Bonchev–Trinajstić information content (AvgIpc) is 2.27. The van der Waals surface area contributed by atoms with Crippen molar-refractivity contribution in [2.45, 2.75) is 6.92 Å². The molecule has 4 heteroatoms. The third kappa shape index (κ3) is 2.58. The molecule has 0 atom stereocenters. The molecule has 0 saturated carbocycles. The fraction of sp³-hybridized carbons (Fsp3) is 0.0833. The Bertz CT molecular complexity index is 499. The second-order valence-corrected chi connectivity index (χ2v) is 4.21. The van der Waals surface area contributed by atoms with Crippen LogP contribution in [0, 0.1) is 12.7 Å². The molecule has 0 unspecified atom stereocenters. The van der Waals surface area contributed by atoms with Crippen LogP contribution in [0.15, 0.2) is 41.0 Å². The number of benzene rings is 1. The summed E-state index contributed by atoms with van der Waals surface area (Å²) in [5.41, 5.74) is 1.05. The van der Waals surface area contributed by atoms with E-state index >= 15 is 0 Å². The first-order valence-corrected chi connectivity index (χ1v) is 5.50. The smallest absolute Gasteiger partial charge is 0.219 e. The van der Waals surface area contributed by atoms with Crippen LogP contribution in [-0.2, 0) is 0 Å². The number of rotatable bonds is 2. The fourth-order valence-electron chi connectivity index (χ4n) is 1.18. The predicted molar refractivity (Wildman–Crippen MR) is 63.1 cm³/mol. The molecule has 82 valence electrons. The normalized spacial score (nSPS) is 10.2. The number of nitrogens with zero attached hydrogens (tertiary/aromatic N) is 1. The highest BCUT2D eigenvalue weighted by Gasteiger charge is 2.03. The summed E-state index contributed by atoms with van der Waals surface area (Å²) in [6.45, 7) is 1.94. The summed E-state index contributed by atoms with van der Waals surface area (Å²) in [5, 5.41) is 0. The van der Waals surface area contributed by atoms with Gasteiger partial charge in [-0.05, 0) is 40.5 Å². The van der Waals surface area contributed by atoms with Crippen LogP contribution in [0.3, 0.4) is 0 Å². The van der Waals surface area contributed by atoms with Crippen LogP contribution >= 0.6 is 15.9 Å². The number of aryl methyl sites for hydroxylation is 1. The molecule has 0 aliphatic heterocycles. The Hall–Kier alpha value is -1.42. The molecule has 0 amide bonds. The van der Waals surface area contributed by atoms with Crippen molar-refractivity contribution in [2.75, 3.05) is 0 Å². The molecule has 0 spiro atoms. The SMILES string of the molecule is Cc1ccc(Oc2ccc(Br)c(F)c2)nc1. The van der Waals surface area contributed by atoms with Crippen LogP contribution in [0.4, 0.5) is 4.39 Å². The zero-order valence-electron chi connectivity index (χ0n) is 8.58. The van der Waals surface area contributed by atoms with Crippen molar-refractivity contribution in [3.05, 3.63) is 52.4 Å². The highest BCUT2D eigenvalue weighted by atomic mass is 79.9. The molecule has 2 rings (SSSR count). The van der Waals surface area contributed by atoms with Gasteiger partial charge in [-0.15, -0.1) is 0 Å². The molecule has 0 aliphatic rings. The second-order valence-electron chi connectivity index (χ2n) is 3.35. The van der Waals surface area contributed by atoms with Crippen LogP contribution in [0.1, 0.15) is 5.56 Å². The molecular formula is C12H9BrFNO. The number of ether oxygens (including phenoxy) is 1. The molecule has 0 N–H and O–H groups in total. The van der Waals surface area contributed by atoms with Crippen molar-refractivity contribution in [3.8, 4) is 11.6 Å². The Morgan fingerprint density at radius 1 is 1.25 bits per heavy atom. The first kappa shape index (κ1) is 11.1. The van der Waals surface area contributed by atoms with E-state index in [1.54, 1.807) is 24.4 Å². The van der Waals surface area contributed by atoms with Gasteiger partial charge in [-0.3, -0.25) is 0 Å². The van der Waals surface area contributed by atoms with Crippen molar-refractivity contribution in [2.24, 2.45) is 0 Å². The lowest BCUT2D eigenvalue weighted by Crippen LogP contribution is -1.89. The quantitative estimate of drug-likeness (QED) is 0.827. The van der Waals surface area contributed by atoms with Gasteiger partial charge < -0.3 is 4.74 Å². The van der Waals surface area contributed by atoms with Gasteiger partial charge in [0, 0.05) is 18.3 Å². The molecule has 0 radical (unpaired) electrons. The molecular weight excluding hydrogens is 273 g/mol. The molecule has 1 aromatic heterocycles. The van der Waals surface area contributed by atoms with E-state index in [0.717, 1.165) is 5.56 Å². The number of pyridine rings is 1. The van der Waals surface area contributed by atoms with Crippen molar-refractivity contribution >= 4 is 15.9 Å². The van der Waals surface area contributed by atoms with Crippen LogP contribution in [0.5, 0.6) is 11.6 Å². The minimum atomic E-state index is -0.357. The Kier molecular flexibility index (Phi) is 3.19. The van der Waals surface area contributed by atoms with E-state index in [0.29, 0.717) is 16.1 Å². The van der Waals surface area contributed by atoms with E-state index in [9.17, 15) is 4.39 Å². The van der Waals surface area contributed by atoms with Crippen molar-refractivity contribution in [1.82, 2.24) is 4.98 Å². The van der Waals surface area contributed by atoms with E-state index < -0.39 is 0 Å². The van der Waals surface area contributed by atoms with E-state index in [1.165, 1.54) is 6.07 Å². The molecule has 2 nitrogen and oxygen atoms in total. The largest absolute Gasteiger partial charge is 0.439 e. The molecule has 0 bridgehead atoms. The summed E-state index contributed by atoms with van der Waals surface area (Å²) in [6.07, 6.45) is 1.70. The zero-order valence-corrected chi connectivity index (χ0v) is 10.2. The molecule has 1 aromatic carbocycles. The van der Waals surface area contributed by atoms with Gasteiger partial charge in [0.2, 0.25) is 5.88 Å². The first-order valence-electron chi connectivity index (χ1n) is 4.71. The van der Waals surface area contributed by atoms with E-state index in [2.05, 4.69) is 20.9 Å². The van der Waals surface area contributed by atoms with Crippen LogP contribution in [0.25, 0.3) is 0 Å². The highest BCUT2D eigenvalue weighted by molar-refractivity contribution is 9.10. The average molecular weight is 282 g/mol. The maximum Gasteiger partial charge on any atom is 0.219 e. The third-order valence-electron chi connectivity index (χ3n) is 2.00. The lowest BCUT2D eigenvalue weighted by Gasteiger charge is -2.05. The first-order chi connectivity index (χ1) is 7.65. The lowest BCUT2D eigenvalue weighted by atomic mass is 10.3. The summed E-state index contributed by atoms with van der Waals surface area (Å²) in [4.78, 5) is 4.07. The van der Waals surface area contributed by atoms with Gasteiger partial charge in [0.1, 0.15) is 11.6 Å². The monoisotopic (exact) mass is 281 g/mol. The minimum absolute atomic E-state index is 0.357. The third-order valence-corrected chi connectivity index (χ3v) is 2.64. The standard InChI is InChI=1S/C12H9BrFNO/c1-8-2-5-12(15-7-8)16-9-3-4-10(13)11(14)6-9/h2-7H,1H3. The van der Waals surface area contributed by atoms with E-state index in [-0.39, 0.29) is 5.82 Å². The number of hydrogen-bond acceptors (Lipinski definition) is 2. The Labute approximate surface area is 101 Å². The van der Waals surface area contributed by atoms with Gasteiger partial charge in [0.25, 0.3) is 0 Å². The Morgan fingerprint density at radius 2 is 2.06 bits per heavy atom. The van der Waals surface area contributed by atoms with Crippen LogP contribution in [-0.4, -0.2) is 4.98 Å². The van der Waals surface area contributed by atoms with Gasteiger partial charge in [-0.25, -0.2) is 9.37 Å². The number of aromatic nitrogens is 1. The molecule has 16 heavy (non-hydrogen) atoms. The molecule has 0 saturated heterocycles. The van der Waals surface area contributed by atoms with Crippen molar-refractivity contribution in [3.63, 3.8) is 0 Å². The summed E-state index contributed by atoms with van der Waals surface area (Å²) >= 11 is 3.08. The van der Waals surface area contributed by atoms with Crippen molar-refractivity contribution < 1.29 is 9.13 Å². The molecule has 1 heterocycles. The zero-order chi connectivity index (χ0) is 11.5. The molecule has 0 aliphatic carbocycles. The van der Waals surface area contributed by atoms with Gasteiger partial charge in [0.15, 0.2) is 0 Å². The second kappa shape index (κ2) is 4.61. The lowest BCUT2D eigenvalue weighted by molar-refractivity contribution is 0.457.